The molecule has 0 bridgehead atoms. The molecule has 1 amide bonds. The van der Waals surface area contributed by atoms with Crippen LogP contribution < -0.4 is 10.1 Å². The number of amides is 1. The van der Waals surface area contributed by atoms with Gasteiger partial charge in [0.2, 0.25) is 0 Å². The van der Waals surface area contributed by atoms with E-state index in [9.17, 15) is 4.79 Å². The van der Waals surface area contributed by atoms with Gasteiger partial charge in [-0.25, -0.2) is 0 Å². The van der Waals surface area contributed by atoms with Crippen LogP contribution in [0.2, 0.25) is 0 Å². The third kappa shape index (κ3) is 4.61. The van der Waals surface area contributed by atoms with Crippen LogP contribution in [0.1, 0.15) is 48.1 Å². The van der Waals surface area contributed by atoms with Crippen molar-refractivity contribution in [2.75, 3.05) is 26.2 Å². The molecule has 25 heavy (non-hydrogen) atoms. The lowest BCUT2D eigenvalue weighted by Gasteiger charge is -2.34. The summed E-state index contributed by atoms with van der Waals surface area (Å²) < 4.78 is 5.58. The number of ether oxygens (including phenoxy) is 1. The van der Waals surface area contributed by atoms with Crippen LogP contribution in [-0.2, 0) is 0 Å². The van der Waals surface area contributed by atoms with E-state index in [1.807, 2.05) is 31.2 Å². The Balaban J connectivity index is 1.69. The first kappa shape index (κ1) is 18.0. The maximum absolute atomic E-state index is 12.7. The van der Waals surface area contributed by atoms with Crippen LogP contribution in [0.5, 0.6) is 5.75 Å². The zero-order valence-electron chi connectivity index (χ0n) is 14.7. The second-order valence-corrected chi connectivity index (χ2v) is 7.09. The predicted octanol–water partition coefficient (Wildman–Crippen LogP) is 4.10. The molecule has 1 aromatic heterocycles. The molecule has 1 aliphatic rings. The lowest BCUT2D eigenvalue weighted by molar-refractivity contribution is 0.0921. The van der Waals surface area contributed by atoms with Gasteiger partial charge in [-0.3, -0.25) is 9.69 Å². The van der Waals surface area contributed by atoms with E-state index in [0.717, 1.165) is 13.1 Å². The molecular weight excluding hydrogens is 332 g/mol. The Morgan fingerprint density at radius 3 is 2.76 bits per heavy atom. The quantitative estimate of drug-likeness (QED) is 0.810. The smallest absolute Gasteiger partial charge is 0.255 e. The van der Waals surface area contributed by atoms with Gasteiger partial charge < -0.3 is 10.1 Å². The molecule has 0 saturated carbocycles. The summed E-state index contributed by atoms with van der Waals surface area (Å²) in [6, 6.07) is 9.85. The molecule has 1 N–H and O–H groups in total. The second kappa shape index (κ2) is 9.02. The van der Waals surface area contributed by atoms with Gasteiger partial charge in [0.05, 0.1) is 18.2 Å². The fourth-order valence-electron chi connectivity index (χ4n) is 3.37. The molecule has 2 aromatic rings. The molecule has 1 saturated heterocycles. The highest BCUT2D eigenvalue weighted by molar-refractivity contribution is 7.07. The van der Waals surface area contributed by atoms with E-state index in [1.165, 1.54) is 24.8 Å². The summed E-state index contributed by atoms with van der Waals surface area (Å²) in [7, 11) is 0. The Labute approximate surface area is 153 Å². The van der Waals surface area contributed by atoms with Crippen molar-refractivity contribution in [3.05, 3.63) is 52.2 Å². The van der Waals surface area contributed by atoms with Crippen LogP contribution in [0.3, 0.4) is 0 Å². The standard InChI is InChI=1S/C20H26N2O2S/c1-2-24-19-9-5-4-8-17(19)20(23)21-14-18(16-10-13-25-15-16)22-11-6-3-7-12-22/h4-5,8-10,13,15,18H,2-3,6-7,11-12,14H2,1H3,(H,21,23). The Kier molecular flexibility index (Phi) is 6.48. The van der Waals surface area contributed by atoms with Crippen molar-refractivity contribution in [3.8, 4) is 5.75 Å². The molecule has 5 heteroatoms. The van der Waals surface area contributed by atoms with Crippen molar-refractivity contribution in [3.63, 3.8) is 0 Å². The fourth-order valence-corrected chi connectivity index (χ4v) is 4.08. The second-order valence-electron chi connectivity index (χ2n) is 6.31. The Hall–Kier alpha value is -1.85. The molecule has 0 aliphatic carbocycles. The lowest BCUT2D eigenvalue weighted by Crippen LogP contribution is -2.40. The van der Waals surface area contributed by atoms with E-state index < -0.39 is 0 Å². The zero-order valence-corrected chi connectivity index (χ0v) is 15.6. The SMILES string of the molecule is CCOc1ccccc1C(=O)NCC(c1ccsc1)N1CCCCC1. The third-order valence-electron chi connectivity index (χ3n) is 4.65. The number of piperidine rings is 1. The summed E-state index contributed by atoms with van der Waals surface area (Å²) in [5.41, 5.74) is 1.90. The third-order valence-corrected chi connectivity index (χ3v) is 5.35. The molecule has 134 valence electrons. The number of benzene rings is 1. The highest BCUT2D eigenvalue weighted by atomic mass is 32.1. The summed E-state index contributed by atoms with van der Waals surface area (Å²) >= 11 is 1.71. The van der Waals surface area contributed by atoms with Crippen LogP contribution >= 0.6 is 11.3 Å². The van der Waals surface area contributed by atoms with E-state index in [-0.39, 0.29) is 11.9 Å². The van der Waals surface area contributed by atoms with Gasteiger partial charge in [0, 0.05) is 6.54 Å². The van der Waals surface area contributed by atoms with Gasteiger partial charge in [-0.15, -0.1) is 0 Å². The van der Waals surface area contributed by atoms with Crippen molar-refractivity contribution < 1.29 is 9.53 Å². The summed E-state index contributed by atoms with van der Waals surface area (Å²) in [5.74, 6) is 0.578. The Morgan fingerprint density at radius 2 is 2.04 bits per heavy atom. The fraction of sp³-hybridized carbons (Fsp3) is 0.450. The number of nitrogens with one attached hydrogen (secondary N) is 1. The van der Waals surface area contributed by atoms with E-state index in [4.69, 9.17) is 4.74 Å². The molecule has 0 radical (unpaired) electrons. The molecule has 1 fully saturated rings. The monoisotopic (exact) mass is 358 g/mol. The van der Waals surface area contributed by atoms with Gasteiger partial charge in [-0.1, -0.05) is 18.6 Å². The lowest BCUT2D eigenvalue weighted by atomic mass is 10.0. The van der Waals surface area contributed by atoms with Gasteiger partial charge >= 0.3 is 0 Å². The van der Waals surface area contributed by atoms with Gasteiger partial charge in [0.1, 0.15) is 5.75 Å². The number of hydrogen-bond acceptors (Lipinski definition) is 4. The minimum Gasteiger partial charge on any atom is -0.493 e. The van der Waals surface area contributed by atoms with Gasteiger partial charge in [-0.05, 0) is 67.4 Å². The van der Waals surface area contributed by atoms with E-state index in [2.05, 4.69) is 27.0 Å². The average Bonchev–Trinajstić information content (AvgIpc) is 3.18. The number of thiophene rings is 1. The van der Waals surface area contributed by atoms with Crippen LogP contribution in [0.25, 0.3) is 0 Å². The minimum atomic E-state index is -0.0683. The maximum Gasteiger partial charge on any atom is 0.255 e. The van der Waals surface area contributed by atoms with E-state index in [0.29, 0.717) is 24.5 Å². The number of carbonyl (C=O) groups excluding carboxylic acids is 1. The summed E-state index contributed by atoms with van der Waals surface area (Å²) in [5, 5.41) is 7.43. The topological polar surface area (TPSA) is 41.6 Å². The first-order valence-corrected chi connectivity index (χ1v) is 10.00. The first-order valence-electron chi connectivity index (χ1n) is 9.05. The molecule has 1 aliphatic heterocycles. The van der Waals surface area contributed by atoms with Crippen molar-refractivity contribution >= 4 is 17.2 Å². The first-order chi connectivity index (χ1) is 12.3. The number of likely N-dealkylation sites (tertiary alicyclic amines) is 1. The molecular formula is C20H26N2O2S. The highest BCUT2D eigenvalue weighted by Gasteiger charge is 2.23. The predicted molar refractivity (Wildman–Crippen MR) is 102 cm³/mol. The molecule has 1 atom stereocenters. The van der Waals surface area contributed by atoms with Crippen molar-refractivity contribution in [1.82, 2.24) is 10.2 Å². The summed E-state index contributed by atoms with van der Waals surface area (Å²) in [6.07, 6.45) is 3.78. The molecule has 0 spiro atoms. The number of nitrogens with zero attached hydrogens (tertiary/aromatic N) is 1. The van der Waals surface area contributed by atoms with Gasteiger partial charge in [0.25, 0.3) is 5.91 Å². The summed E-state index contributed by atoms with van der Waals surface area (Å²) in [4.78, 5) is 15.2. The average molecular weight is 359 g/mol. The van der Waals surface area contributed by atoms with Gasteiger partial charge in [0.15, 0.2) is 0 Å². The largest absolute Gasteiger partial charge is 0.493 e. The molecule has 3 rings (SSSR count). The molecule has 1 aromatic carbocycles. The van der Waals surface area contributed by atoms with Crippen molar-refractivity contribution in [1.29, 1.82) is 0 Å². The molecule has 2 heterocycles. The summed E-state index contributed by atoms with van der Waals surface area (Å²) in [6.45, 7) is 5.31. The van der Waals surface area contributed by atoms with E-state index in [1.54, 1.807) is 11.3 Å². The maximum atomic E-state index is 12.7. The van der Waals surface area contributed by atoms with Gasteiger partial charge in [-0.2, -0.15) is 11.3 Å². The van der Waals surface area contributed by atoms with E-state index >= 15 is 0 Å². The Morgan fingerprint density at radius 1 is 1.24 bits per heavy atom. The molecule has 4 nitrogen and oxygen atoms in total. The van der Waals surface area contributed by atoms with Crippen LogP contribution in [0.4, 0.5) is 0 Å². The minimum absolute atomic E-state index is 0.0683. The van der Waals surface area contributed by atoms with Crippen LogP contribution in [0, 0.1) is 0 Å². The van der Waals surface area contributed by atoms with Crippen LogP contribution in [-0.4, -0.2) is 37.0 Å². The zero-order chi connectivity index (χ0) is 17.5. The molecule has 1 unspecified atom stereocenters. The van der Waals surface area contributed by atoms with Crippen molar-refractivity contribution in [2.45, 2.75) is 32.2 Å². The number of hydrogen-bond donors (Lipinski definition) is 1. The normalized spacial score (nSPS) is 16.4. The number of rotatable bonds is 7. The highest BCUT2D eigenvalue weighted by Crippen LogP contribution is 2.26. The van der Waals surface area contributed by atoms with Crippen LogP contribution in [0.15, 0.2) is 41.1 Å². The number of para-hydroxylation sites is 1. The number of carbonyl (C=O) groups is 1. The Bertz CT molecular complexity index is 666. The van der Waals surface area contributed by atoms with Crippen molar-refractivity contribution in [2.24, 2.45) is 0 Å².